The number of methoxy groups -OCH3 is 1. The molecule has 0 aromatic heterocycles. The van der Waals surface area contributed by atoms with Gasteiger partial charge in [-0.05, 0) is 36.4 Å². The molecule has 6 nitrogen and oxygen atoms in total. The van der Waals surface area contributed by atoms with Crippen molar-refractivity contribution in [3.8, 4) is 11.8 Å². The smallest absolute Gasteiger partial charge is 0.321 e. The first kappa shape index (κ1) is 17.9. The predicted octanol–water partition coefficient (Wildman–Crippen LogP) is 3.57. The van der Waals surface area contributed by atoms with E-state index in [4.69, 9.17) is 21.6 Å². The zero-order valence-corrected chi connectivity index (χ0v) is 15.2. The van der Waals surface area contributed by atoms with E-state index in [0.717, 1.165) is 5.69 Å². The topological polar surface area (TPSA) is 68.6 Å². The first-order valence-corrected chi connectivity index (χ1v) is 8.63. The maximum Gasteiger partial charge on any atom is 0.321 e. The third-order valence-corrected chi connectivity index (χ3v) is 4.61. The van der Waals surface area contributed by atoms with Crippen molar-refractivity contribution >= 4 is 29.0 Å². The van der Waals surface area contributed by atoms with Crippen molar-refractivity contribution in [3.63, 3.8) is 0 Å². The average Bonchev–Trinajstić information content (AvgIpc) is 2.68. The summed E-state index contributed by atoms with van der Waals surface area (Å²) in [7, 11) is 1.55. The summed E-state index contributed by atoms with van der Waals surface area (Å²) in [4.78, 5) is 16.4. The number of urea groups is 1. The highest BCUT2D eigenvalue weighted by molar-refractivity contribution is 6.32. The van der Waals surface area contributed by atoms with Crippen LogP contribution in [0.5, 0.6) is 5.75 Å². The largest absolute Gasteiger partial charge is 0.495 e. The fourth-order valence-corrected chi connectivity index (χ4v) is 3.14. The summed E-state index contributed by atoms with van der Waals surface area (Å²) >= 11 is 6.09. The molecule has 1 aliphatic heterocycles. The fourth-order valence-electron chi connectivity index (χ4n) is 2.89. The molecule has 2 aromatic rings. The van der Waals surface area contributed by atoms with Gasteiger partial charge in [-0.1, -0.05) is 17.7 Å². The molecule has 7 heteroatoms. The third kappa shape index (κ3) is 4.01. The van der Waals surface area contributed by atoms with Crippen LogP contribution in [0.4, 0.5) is 16.2 Å². The summed E-state index contributed by atoms with van der Waals surface area (Å²) in [5.74, 6) is 0.567. The van der Waals surface area contributed by atoms with E-state index in [1.807, 2.05) is 18.2 Å². The Morgan fingerprint density at radius 1 is 1.19 bits per heavy atom. The van der Waals surface area contributed by atoms with Crippen LogP contribution in [0.25, 0.3) is 0 Å². The highest BCUT2D eigenvalue weighted by atomic mass is 35.5. The van der Waals surface area contributed by atoms with Gasteiger partial charge in [0.15, 0.2) is 0 Å². The van der Waals surface area contributed by atoms with Gasteiger partial charge in [-0.2, -0.15) is 5.26 Å². The molecule has 0 radical (unpaired) electrons. The van der Waals surface area contributed by atoms with Crippen LogP contribution in [0.3, 0.4) is 0 Å². The van der Waals surface area contributed by atoms with Crippen LogP contribution < -0.4 is 15.0 Å². The monoisotopic (exact) mass is 370 g/mol. The Bertz CT molecular complexity index is 842. The Kier molecular flexibility index (Phi) is 5.49. The van der Waals surface area contributed by atoms with E-state index in [9.17, 15) is 4.79 Å². The normalized spacial score (nSPS) is 13.9. The van der Waals surface area contributed by atoms with E-state index >= 15 is 0 Å². The highest BCUT2D eigenvalue weighted by Gasteiger charge is 2.21. The fraction of sp³-hybridized carbons (Fsp3) is 0.263. The van der Waals surface area contributed by atoms with Crippen LogP contribution in [0.1, 0.15) is 5.56 Å². The van der Waals surface area contributed by atoms with E-state index in [1.165, 1.54) is 0 Å². The van der Waals surface area contributed by atoms with Crippen molar-refractivity contribution in [2.45, 2.75) is 0 Å². The zero-order valence-electron chi connectivity index (χ0n) is 14.4. The number of nitrogens with zero attached hydrogens (tertiary/aromatic N) is 3. The lowest BCUT2D eigenvalue weighted by Crippen LogP contribution is -2.50. The summed E-state index contributed by atoms with van der Waals surface area (Å²) in [6, 6.07) is 14.7. The van der Waals surface area contributed by atoms with Crippen molar-refractivity contribution in [1.29, 1.82) is 5.26 Å². The number of benzene rings is 2. The Morgan fingerprint density at radius 3 is 2.62 bits per heavy atom. The summed E-state index contributed by atoms with van der Waals surface area (Å²) < 4.78 is 5.11. The minimum absolute atomic E-state index is 0.156. The molecule has 0 bridgehead atoms. The minimum Gasteiger partial charge on any atom is -0.495 e. The molecule has 26 heavy (non-hydrogen) atoms. The molecule has 134 valence electrons. The number of nitrogens with one attached hydrogen (secondary N) is 1. The lowest BCUT2D eigenvalue weighted by molar-refractivity contribution is 0.208. The molecule has 2 aromatic carbocycles. The van der Waals surface area contributed by atoms with E-state index in [0.29, 0.717) is 48.2 Å². The first-order chi connectivity index (χ1) is 12.6. The predicted molar refractivity (Wildman–Crippen MR) is 102 cm³/mol. The molecule has 1 fully saturated rings. The maximum absolute atomic E-state index is 12.5. The number of ether oxygens (including phenoxy) is 1. The van der Waals surface area contributed by atoms with Crippen LogP contribution in [0, 0.1) is 11.3 Å². The van der Waals surface area contributed by atoms with E-state index in [2.05, 4.69) is 16.3 Å². The number of halogens is 1. The molecule has 1 aliphatic rings. The highest BCUT2D eigenvalue weighted by Crippen LogP contribution is 2.27. The number of anilines is 2. The Hall–Kier alpha value is -2.91. The molecule has 3 rings (SSSR count). The van der Waals surface area contributed by atoms with Crippen LogP contribution in [0.15, 0.2) is 42.5 Å². The summed E-state index contributed by atoms with van der Waals surface area (Å²) in [6.07, 6.45) is 0. The number of piperazine rings is 1. The van der Waals surface area contributed by atoms with Crippen LogP contribution >= 0.6 is 11.6 Å². The van der Waals surface area contributed by atoms with E-state index in [1.54, 1.807) is 36.3 Å². The van der Waals surface area contributed by atoms with Crippen molar-refractivity contribution in [3.05, 3.63) is 53.1 Å². The van der Waals surface area contributed by atoms with Gasteiger partial charge in [0.2, 0.25) is 0 Å². The molecule has 1 saturated heterocycles. The standard InChI is InChI=1S/C19H19ClN4O2/c1-26-18-6-5-15(12-17(18)20)22-19(25)24-9-7-23(8-10-24)16-4-2-3-14(11-16)13-21/h2-6,11-12H,7-10H2,1H3,(H,22,25). The maximum atomic E-state index is 12.5. The van der Waals surface area contributed by atoms with Crippen molar-refractivity contribution in [2.24, 2.45) is 0 Å². The summed E-state index contributed by atoms with van der Waals surface area (Å²) in [6.45, 7) is 2.64. The van der Waals surface area contributed by atoms with Gasteiger partial charge in [0.05, 0.1) is 23.8 Å². The molecule has 0 unspecified atom stereocenters. The van der Waals surface area contributed by atoms with Crippen molar-refractivity contribution in [2.75, 3.05) is 43.5 Å². The van der Waals surface area contributed by atoms with E-state index < -0.39 is 0 Å². The van der Waals surface area contributed by atoms with Gasteiger partial charge in [-0.3, -0.25) is 0 Å². The van der Waals surface area contributed by atoms with Crippen molar-refractivity contribution in [1.82, 2.24) is 4.90 Å². The molecule has 2 amide bonds. The second-order valence-corrected chi connectivity index (χ2v) is 6.32. The molecule has 0 saturated carbocycles. The molecule has 0 spiro atoms. The first-order valence-electron chi connectivity index (χ1n) is 8.25. The number of rotatable bonds is 3. The molecule has 1 N–H and O–H groups in total. The van der Waals surface area contributed by atoms with E-state index in [-0.39, 0.29) is 6.03 Å². The number of hydrogen-bond acceptors (Lipinski definition) is 4. The second kappa shape index (κ2) is 7.98. The average molecular weight is 371 g/mol. The lowest BCUT2D eigenvalue weighted by atomic mass is 10.2. The van der Waals surface area contributed by atoms with Crippen molar-refractivity contribution < 1.29 is 9.53 Å². The number of carbonyl (C=O) groups excluding carboxylic acids is 1. The lowest BCUT2D eigenvalue weighted by Gasteiger charge is -2.36. The Balaban J connectivity index is 1.58. The molecular weight excluding hydrogens is 352 g/mol. The van der Waals surface area contributed by atoms with Gasteiger partial charge in [0, 0.05) is 37.6 Å². The quantitative estimate of drug-likeness (QED) is 0.896. The van der Waals surface area contributed by atoms with Gasteiger partial charge in [-0.25, -0.2) is 4.79 Å². The second-order valence-electron chi connectivity index (χ2n) is 5.92. The van der Waals surface area contributed by atoms with Crippen LogP contribution in [0.2, 0.25) is 5.02 Å². The molecule has 1 heterocycles. The van der Waals surface area contributed by atoms with Gasteiger partial charge >= 0.3 is 6.03 Å². The van der Waals surface area contributed by atoms with Gasteiger partial charge in [0.25, 0.3) is 0 Å². The number of hydrogen-bond donors (Lipinski definition) is 1. The van der Waals surface area contributed by atoms with Crippen LogP contribution in [-0.2, 0) is 0 Å². The number of amides is 2. The molecular formula is C19H19ClN4O2. The Labute approximate surface area is 157 Å². The number of nitriles is 1. The molecule has 0 aliphatic carbocycles. The Morgan fingerprint density at radius 2 is 1.96 bits per heavy atom. The van der Waals surface area contributed by atoms with Gasteiger partial charge in [0.1, 0.15) is 5.75 Å². The minimum atomic E-state index is -0.156. The summed E-state index contributed by atoms with van der Waals surface area (Å²) in [5.41, 5.74) is 2.27. The zero-order chi connectivity index (χ0) is 18.5. The third-order valence-electron chi connectivity index (χ3n) is 4.31. The van der Waals surface area contributed by atoms with Crippen LogP contribution in [-0.4, -0.2) is 44.2 Å². The van der Waals surface area contributed by atoms with Gasteiger partial charge < -0.3 is 19.9 Å². The summed E-state index contributed by atoms with van der Waals surface area (Å²) in [5, 5.41) is 12.3. The SMILES string of the molecule is COc1ccc(NC(=O)N2CCN(c3cccc(C#N)c3)CC2)cc1Cl. The molecule has 0 atom stereocenters. The number of carbonyl (C=O) groups is 1. The van der Waals surface area contributed by atoms with Gasteiger partial charge in [-0.15, -0.1) is 0 Å².